The number of hydrogen-bond acceptors (Lipinski definition) is 3. The Hall–Kier alpha value is -0.870. The van der Waals surface area contributed by atoms with Gasteiger partial charge in [0, 0.05) is 44.5 Å². The van der Waals surface area contributed by atoms with Crippen LogP contribution in [0.3, 0.4) is 0 Å². The van der Waals surface area contributed by atoms with E-state index in [1.54, 1.807) is 0 Å². The lowest BCUT2D eigenvalue weighted by molar-refractivity contribution is 0.193. The Bertz CT molecular complexity index is 332. The van der Waals surface area contributed by atoms with Crippen LogP contribution in [-0.4, -0.2) is 40.4 Å². The van der Waals surface area contributed by atoms with Crippen molar-refractivity contribution in [1.82, 2.24) is 20.0 Å². The maximum Gasteiger partial charge on any atom is 0.0527 e. The Morgan fingerprint density at radius 3 is 3.06 bits per heavy atom. The van der Waals surface area contributed by atoms with Crippen molar-refractivity contribution in [3.63, 3.8) is 0 Å². The van der Waals surface area contributed by atoms with Crippen molar-refractivity contribution in [1.29, 1.82) is 0 Å². The Morgan fingerprint density at radius 2 is 2.38 bits per heavy atom. The third kappa shape index (κ3) is 2.62. The topological polar surface area (TPSA) is 33.1 Å². The van der Waals surface area contributed by atoms with Gasteiger partial charge < -0.3 is 5.32 Å². The molecule has 2 heterocycles. The van der Waals surface area contributed by atoms with E-state index in [1.165, 1.54) is 5.69 Å². The molecular weight excluding hydrogens is 200 g/mol. The first kappa shape index (κ1) is 11.6. The molecule has 2 rings (SSSR count). The molecule has 1 aliphatic heterocycles. The molecule has 1 aromatic rings. The van der Waals surface area contributed by atoms with Gasteiger partial charge in [-0.15, -0.1) is 0 Å². The van der Waals surface area contributed by atoms with Gasteiger partial charge in [-0.05, 0) is 26.8 Å². The van der Waals surface area contributed by atoms with Crippen LogP contribution < -0.4 is 5.32 Å². The first-order valence-corrected chi connectivity index (χ1v) is 6.15. The minimum absolute atomic E-state index is 0.449. The molecule has 1 aliphatic rings. The molecule has 4 nitrogen and oxygen atoms in total. The second-order valence-electron chi connectivity index (χ2n) is 4.95. The number of nitrogens with one attached hydrogen (secondary N) is 1. The zero-order valence-electron chi connectivity index (χ0n) is 10.5. The molecule has 1 N–H and O–H groups in total. The van der Waals surface area contributed by atoms with Crippen molar-refractivity contribution in [2.45, 2.75) is 39.4 Å². The zero-order chi connectivity index (χ0) is 11.5. The summed E-state index contributed by atoms with van der Waals surface area (Å²) in [5.41, 5.74) is 1.32. The number of hydrogen-bond donors (Lipinski definition) is 1. The minimum atomic E-state index is 0.449. The molecule has 1 saturated heterocycles. The van der Waals surface area contributed by atoms with E-state index in [1.807, 2.05) is 6.20 Å². The second-order valence-corrected chi connectivity index (χ2v) is 4.95. The number of piperazine rings is 1. The van der Waals surface area contributed by atoms with Crippen LogP contribution >= 0.6 is 0 Å². The van der Waals surface area contributed by atoms with Crippen LogP contribution in [0.15, 0.2) is 12.3 Å². The summed E-state index contributed by atoms with van der Waals surface area (Å²) in [5.74, 6) is 0. The van der Waals surface area contributed by atoms with Crippen LogP contribution in [0.5, 0.6) is 0 Å². The van der Waals surface area contributed by atoms with Gasteiger partial charge in [-0.1, -0.05) is 0 Å². The summed E-state index contributed by atoms with van der Waals surface area (Å²) < 4.78 is 2.12. The second kappa shape index (κ2) is 4.97. The Labute approximate surface area is 97.6 Å². The van der Waals surface area contributed by atoms with Gasteiger partial charge in [0.15, 0.2) is 0 Å². The van der Waals surface area contributed by atoms with Crippen LogP contribution in [-0.2, 0) is 6.54 Å². The third-order valence-electron chi connectivity index (χ3n) is 3.08. The van der Waals surface area contributed by atoms with Gasteiger partial charge in [-0.3, -0.25) is 9.58 Å². The van der Waals surface area contributed by atoms with Gasteiger partial charge in [-0.2, -0.15) is 5.10 Å². The molecule has 1 fully saturated rings. The predicted octanol–water partition coefficient (Wildman–Crippen LogP) is 1.26. The maximum absolute atomic E-state index is 4.37. The molecule has 0 aliphatic carbocycles. The highest BCUT2D eigenvalue weighted by Gasteiger charge is 2.17. The molecule has 4 heteroatoms. The number of rotatable bonds is 3. The number of nitrogens with zero attached hydrogens (tertiary/aromatic N) is 3. The first-order valence-electron chi connectivity index (χ1n) is 6.15. The smallest absolute Gasteiger partial charge is 0.0527 e. The fourth-order valence-corrected chi connectivity index (χ4v) is 2.32. The Balaban J connectivity index is 2.00. The quantitative estimate of drug-likeness (QED) is 0.836. The van der Waals surface area contributed by atoms with Crippen molar-refractivity contribution in [2.75, 3.05) is 19.6 Å². The normalized spacial score (nSPS) is 22.9. The van der Waals surface area contributed by atoms with Crippen molar-refractivity contribution in [3.05, 3.63) is 18.0 Å². The zero-order valence-corrected chi connectivity index (χ0v) is 10.5. The van der Waals surface area contributed by atoms with E-state index < -0.39 is 0 Å². The van der Waals surface area contributed by atoms with Crippen LogP contribution in [0.2, 0.25) is 0 Å². The molecule has 0 bridgehead atoms. The van der Waals surface area contributed by atoms with E-state index in [2.05, 4.69) is 46.8 Å². The molecular formula is C12H22N4. The van der Waals surface area contributed by atoms with Gasteiger partial charge in [-0.25, -0.2) is 0 Å². The third-order valence-corrected chi connectivity index (χ3v) is 3.08. The SMILES string of the molecule is CC(C)n1nccc1CN1CCN[C@H](C)C1. The largest absolute Gasteiger partial charge is 0.312 e. The number of aromatic nitrogens is 2. The molecule has 90 valence electrons. The average Bonchev–Trinajstić information content (AvgIpc) is 2.66. The van der Waals surface area contributed by atoms with E-state index in [4.69, 9.17) is 0 Å². The van der Waals surface area contributed by atoms with Crippen LogP contribution in [0.25, 0.3) is 0 Å². The van der Waals surface area contributed by atoms with Gasteiger partial charge >= 0.3 is 0 Å². The predicted molar refractivity (Wildman–Crippen MR) is 65.4 cm³/mol. The molecule has 1 atom stereocenters. The van der Waals surface area contributed by atoms with E-state index in [-0.39, 0.29) is 0 Å². The molecule has 0 saturated carbocycles. The standard InChI is InChI=1S/C12H22N4/c1-10(2)16-12(4-5-14-16)9-15-7-6-13-11(3)8-15/h4-5,10-11,13H,6-9H2,1-3H3/t11-/m1/s1. The van der Waals surface area contributed by atoms with Crippen molar-refractivity contribution >= 4 is 0 Å². The van der Waals surface area contributed by atoms with Gasteiger partial charge in [0.25, 0.3) is 0 Å². The van der Waals surface area contributed by atoms with Crippen LogP contribution in [0.4, 0.5) is 0 Å². The van der Waals surface area contributed by atoms with E-state index in [9.17, 15) is 0 Å². The van der Waals surface area contributed by atoms with Crippen molar-refractivity contribution in [2.24, 2.45) is 0 Å². The molecule has 1 aromatic heterocycles. The molecule has 0 radical (unpaired) electrons. The lowest BCUT2D eigenvalue weighted by Crippen LogP contribution is -2.48. The summed E-state index contributed by atoms with van der Waals surface area (Å²) in [7, 11) is 0. The minimum Gasteiger partial charge on any atom is -0.312 e. The summed E-state index contributed by atoms with van der Waals surface area (Å²) in [5, 5.41) is 7.84. The first-order chi connectivity index (χ1) is 7.66. The lowest BCUT2D eigenvalue weighted by atomic mass is 10.2. The van der Waals surface area contributed by atoms with Crippen LogP contribution in [0, 0.1) is 0 Å². The molecule has 0 aromatic carbocycles. The molecule has 0 amide bonds. The lowest BCUT2D eigenvalue weighted by Gasteiger charge is -2.32. The highest BCUT2D eigenvalue weighted by molar-refractivity contribution is 5.02. The molecule has 16 heavy (non-hydrogen) atoms. The van der Waals surface area contributed by atoms with Crippen LogP contribution in [0.1, 0.15) is 32.5 Å². The monoisotopic (exact) mass is 222 g/mol. The van der Waals surface area contributed by atoms with E-state index in [0.29, 0.717) is 12.1 Å². The van der Waals surface area contributed by atoms with Gasteiger partial charge in [0.05, 0.1) is 5.69 Å². The Morgan fingerprint density at radius 1 is 1.56 bits per heavy atom. The van der Waals surface area contributed by atoms with E-state index >= 15 is 0 Å². The van der Waals surface area contributed by atoms with Crippen molar-refractivity contribution in [3.8, 4) is 0 Å². The molecule has 0 spiro atoms. The highest BCUT2D eigenvalue weighted by atomic mass is 15.3. The summed E-state index contributed by atoms with van der Waals surface area (Å²) in [6.07, 6.45) is 1.90. The molecule has 0 unspecified atom stereocenters. The highest BCUT2D eigenvalue weighted by Crippen LogP contribution is 2.11. The van der Waals surface area contributed by atoms with Gasteiger partial charge in [0.1, 0.15) is 0 Å². The Kier molecular flexibility index (Phi) is 3.61. The maximum atomic E-state index is 4.37. The summed E-state index contributed by atoms with van der Waals surface area (Å²) >= 11 is 0. The van der Waals surface area contributed by atoms with Crippen molar-refractivity contribution < 1.29 is 0 Å². The fourth-order valence-electron chi connectivity index (χ4n) is 2.32. The summed E-state index contributed by atoms with van der Waals surface area (Å²) in [6, 6.07) is 3.18. The fraction of sp³-hybridized carbons (Fsp3) is 0.750. The summed E-state index contributed by atoms with van der Waals surface area (Å²) in [6.45, 7) is 11.0. The average molecular weight is 222 g/mol. The van der Waals surface area contributed by atoms with E-state index in [0.717, 1.165) is 26.2 Å². The summed E-state index contributed by atoms with van der Waals surface area (Å²) in [4.78, 5) is 2.50. The van der Waals surface area contributed by atoms with Gasteiger partial charge in [0.2, 0.25) is 0 Å².